The van der Waals surface area contributed by atoms with Crippen LogP contribution in [0.2, 0.25) is 0 Å². The Morgan fingerprint density at radius 3 is 1.93 bits per heavy atom. The van der Waals surface area contributed by atoms with Crippen molar-refractivity contribution >= 4 is 10.0 Å². The van der Waals surface area contributed by atoms with Gasteiger partial charge >= 0.3 is 6.36 Å². The molecule has 28 heavy (non-hydrogen) atoms. The van der Waals surface area contributed by atoms with E-state index in [4.69, 9.17) is 0 Å². The van der Waals surface area contributed by atoms with Gasteiger partial charge < -0.3 is 4.74 Å². The molecule has 0 saturated carbocycles. The van der Waals surface area contributed by atoms with Crippen molar-refractivity contribution in [1.82, 2.24) is 4.72 Å². The maximum atomic E-state index is 12.3. The molecule has 0 spiro atoms. The van der Waals surface area contributed by atoms with E-state index in [2.05, 4.69) is 9.46 Å². The SMILES string of the molecule is O=S(=O)(NCc1ccc(-c2ccccc2)cc1)c1ccc(OC(F)(F)F)cc1. The van der Waals surface area contributed by atoms with Crippen LogP contribution in [-0.4, -0.2) is 14.8 Å². The molecule has 0 amide bonds. The van der Waals surface area contributed by atoms with E-state index in [1.54, 1.807) is 0 Å². The second kappa shape index (κ2) is 8.04. The summed E-state index contributed by atoms with van der Waals surface area (Å²) in [4.78, 5) is -0.150. The normalized spacial score (nSPS) is 12.0. The maximum Gasteiger partial charge on any atom is 0.573 e. The van der Waals surface area contributed by atoms with Crippen molar-refractivity contribution in [3.8, 4) is 16.9 Å². The van der Waals surface area contributed by atoms with Crippen LogP contribution < -0.4 is 9.46 Å². The summed E-state index contributed by atoms with van der Waals surface area (Å²) in [5, 5.41) is 0. The zero-order valence-corrected chi connectivity index (χ0v) is 15.3. The summed E-state index contributed by atoms with van der Waals surface area (Å²) in [5.74, 6) is -0.483. The molecule has 1 N–H and O–H groups in total. The van der Waals surface area contributed by atoms with Gasteiger partial charge in [0.1, 0.15) is 5.75 Å². The molecule has 0 aromatic heterocycles. The summed E-state index contributed by atoms with van der Waals surface area (Å²) >= 11 is 0. The number of halogens is 3. The molecule has 0 unspecified atom stereocenters. The van der Waals surface area contributed by atoms with E-state index in [1.165, 1.54) is 0 Å². The first-order chi connectivity index (χ1) is 13.2. The Balaban J connectivity index is 1.65. The topological polar surface area (TPSA) is 55.4 Å². The van der Waals surface area contributed by atoms with Crippen LogP contribution in [0.3, 0.4) is 0 Å². The Labute approximate surface area is 160 Å². The van der Waals surface area contributed by atoms with Crippen LogP contribution in [0.15, 0.2) is 83.8 Å². The van der Waals surface area contributed by atoms with E-state index in [9.17, 15) is 21.6 Å². The predicted octanol–water partition coefficient (Wildman–Crippen LogP) is 4.73. The second-order valence-corrected chi connectivity index (χ2v) is 7.67. The summed E-state index contributed by atoms with van der Waals surface area (Å²) in [6.07, 6.45) is -4.83. The van der Waals surface area contributed by atoms with Gasteiger partial charge in [-0.05, 0) is 41.0 Å². The fourth-order valence-corrected chi connectivity index (χ4v) is 3.55. The van der Waals surface area contributed by atoms with E-state index in [-0.39, 0.29) is 11.4 Å². The van der Waals surface area contributed by atoms with Gasteiger partial charge in [0.05, 0.1) is 4.90 Å². The Hall–Kier alpha value is -2.84. The highest BCUT2D eigenvalue weighted by Gasteiger charge is 2.31. The molecule has 3 aromatic carbocycles. The molecule has 0 aliphatic heterocycles. The van der Waals surface area contributed by atoms with Crippen LogP contribution in [0.25, 0.3) is 11.1 Å². The van der Waals surface area contributed by atoms with Gasteiger partial charge in [0, 0.05) is 6.54 Å². The molecule has 0 aliphatic rings. The van der Waals surface area contributed by atoms with Gasteiger partial charge in [0.2, 0.25) is 10.0 Å². The summed E-state index contributed by atoms with van der Waals surface area (Å²) in [7, 11) is -3.87. The smallest absolute Gasteiger partial charge is 0.406 e. The van der Waals surface area contributed by atoms with Crippen molar-refractivity contribution in [2.75, 3.05) is 0 Å². The van der Waals surface area contributed by atoms with E-state index in [1.807, 2.05) is 54.6 Å². The highest BCUT2D eigenvalue weighted by atomic mass is 32.2. The monoisotopic (exact) mass is 407 g/mol. The van der Waals surface area contributed by atoms with E-state index < -0.39 is 22.1 Å². The quantitative estimate of drug-likeness (QED) is 0.643. The lowest BCUT2D eigenvalue weighted by atomic mass is 10.0. The highest BCUT2D eigenvalue weighted by Crippen LogP contribution is 2.24. The third-order valence-electron chi connectivity index (χ3n) is 3.89. The largest absolute Gasteiger partial charge is 0.573 e. The van der Waals surface area contributed by atoms with Crippen LogP contribution in [0, 0.1) is 0 Å². The summed E-state index contributed by atoms with van der Waals surface area (Å²) in [6.45, 7) is 0.0538. The number of nitrogens with one attached hydrogen (secondary N) is 1. The Bertz CT molecular complexity index is 1020. The van der Waals surface area contributed by atoms with Gasteiger partial charge in [-0.25, -0.2) is 13.1 Å². The van der Waals surface area contributed by atoms with Crippen LogP contribution in [0.1, 0.15) is 5.56 Å². The molecule has 3 aromatic rings. The third kappa shape index (κ3) is 5.34. The Kier molecular flexibility index (Phi) is 5.71. The minimum Gasteiger partial charge on any atom is -0.406 e. The van der Waals surface area contributed by atoms with Crippen molar-refractivity contribution in [3.05, 3.63) is 84.4 Å². The predicted molar refractivity (Wildman–Crippen MR) is 99.0 cm³/mol. The molecular weight excluding hydrogens is 391 g/mol. The van der Waals surface area contributed by atoms with Crippen LogP contribution in [0.4, 0.5) is 13.2 Å². The number of benzene rings is 3. The Morgan fingerprint density at radius 2 is 1.36 bits per heavy atom. The summed E-state index contributed by atoms with van der Waals surface area (Å²) in [6, 6.07) is 21.2. The third-order valence-corrected chi connectivity index (χ3v) is 5.31. The number of sulfonamides is 1. The molecule has 0 fully saturated rings. The zero-order chi connectivity index (χ0) is 20.2. The molecule has 3 rings (SSSR count). The summed E-state index contributed by atoms with van der Waals surface area (Å²) < 4.78 is 67.3. The molecular formula is C20H16F3NO3S. The van der Waals surface area contributed by atoms with Crippen LogP contribution in [-0.2, 0) is 16.6 Å². The molecule has 4 nitrogen and oxygen atoms in total. The van der Waals surface area contributed by atoms with E-state index in [0.29, 0.717) is 0 Å². The van der Waals surface area contributed by atoms with Crippen molar-refractivity contribution in [3.63, 3.8) is 0 Å². The first-order valence-electron chi connectivity index (χ1n) is 8.23. The molecule has 146 valence electrons. The molecule has 0 radical (unpaired) electrons. The fraction of sp³-hybridized carbons (Fsp3) is 0.100. The zero-order valence-electron chi connectivity index (χ0n) is 14.5. The lowest BCUT2D eigenvalue weighted by molar-refractivity contribution is -0.274. The number of ether oxygens (including phenoxy) is 1. The lowest BCUT2D eigenvalue weighted by Crippen LogP contribution is -2.23. The van der Waals surface area contributed by atoms with E-state index >= 15 is 0 Å². The molecule has 0 saturated heterocycles. The van der Waals surface area contributed by atoms with Gasteiger partial charge in [-0.15, -0.1) is 13.2 Å². The highest BCUT2D eigenvalue weighted by molar-refractivity contribution is 7.89. The number of hydrogen-bond donors (Lipinski definition) is 1. The molecule has 0 heterocycles. The van der Waals surface area contributed by atoms with Crippen LogP contribution >= 0.6 is 0 Å². The van der Waals surface area contributed by atoms with Gasteiger partial charge in [-0.2, -0.15) is 0 Å². The maximum absolute atomic E-state index is 12.3. The summed E-state index contributed by atoms with van der Waals surface area (Å²) in [5.41, 5.74) is 2.81. The van der Waals surface area contributed by atoms with Crippen LogP contribution in [0.5, 0.6) is 5.75 Å². The lowest BCUT2D eigenvalue weighted by Gasteiger charge is -2.10. The first kappa shape index (κ1) is 19.9. The Morgan fingerprint density at radius 1 is 0.786 bits per heavy atom. The minimum atomic E-state index is -4.83. The first-order valence-corrected chi connectivity index (χ1v) is 9.71. The van der Waals surface area contributed by atoms with Crippen molar-refractivity contribution in [2.24, 2.45) is 0 Å². The minimum absolute atomic E-state index is 0.0538. The van der Waals surface area contributed by atoms with Crippen molar-refractivity contribution < 1.29 is 26.3 Å². The number of hydrogen-bond acceptors (Lipinski definition) is 3. The number of alkyl halides is 3. The fourth-order valence-electron chi connectivity index (χ4n) is 2.53. The van der Waals surface area contributed by atoms with Crippen molar-refractivity contribution in [2.45, 2.75) is 17.8 Å². The average Bonchev–Trinajstić information content (AvgIpc) is 2.67. The standard InChI is InChI=1S/C20H16F3NO3S/c21-20(22,23)27-18-10-12-19(13-11-18)28(25,26)24-14-15-6-8-17(9-7-15)16-4-2-1-3-5-16/h1-13,24H,14H2. The molecule has 0 atom stereocenters. The average molecular weight is 407 g/mol. The molecule has 0 aliphatic carbocycles. The van der Waals surface area contributed by atoms with Gasteiger partial charge in [0.15, 0.2) is 0 Å². The van der Waals surface area contributed by atoms with E-state index in [0.717, 1.165) is 41.0 Å². The van der Waals surface area contributed by atoms with Gasteiger partial charge in [0.25, 0.3) is 0 Å². The van der Waals surface area contributed by atoms with Gasteiger partial charge in [-0.3, -0.25) is 0 Å². The molecule has 0 bridgehead atoms. The number of rotatable bonds is 6. The van der Waals surface area contributed by atoms with Gasteiger partial charge in [-0.1, -0.05) is 54.6 Å². The molecule has 8 heteroatoms. The van der Waals surface area contributed by atoms with Crippen molar-refractivity contribution in [1.29, 1.82) is 0 Å². The second-order valence-electron chi connectivity index (χ2n) is 5.91.